The summed E-state index contributed by atoms with van der Waals surface area (Å²) >= 11 is 0. The lowest BCUT2D eigenvalue weighted by molar-refractivity contribution is 0.726. The Morgan fingerprint density at radius 2 is 1.64 bits per heavy atom. The van der Waals surface area contributed by atoms with Crippen LogP contribution < -0.4 is 10.6 Å². The van der Waals surface area contributed by atoms with Crippen LogP contribution in [-0.4, -0.2) is 23.1 Å². The zero-order valence-electron chi connectivity index (χ0n) is 12.7. The number of nitrogens with zero attached hydrogens (tertiary/aromatic N) is 3. The maximum absolute atomic E-state index is 5.64. The molecule has 2 aromatic rings. The molecule has 0 atom stereocenters. The van der Waals surface area contributed by atoms with Crippen molar-refractivity contribution in [3.63, 3.8) is 0 Å². The van der Waals surface area contributed by atoms with Gasteiger partial charge in [0, 0.05) is 31.4 Å². The Kier molecular flexibility index (Phi) is 6.16. The van der Waals surface area contributed by atoms with E-state index in [1.165, 1.54) is 25.7 Å². The van der Waals surface area contributed by atoms with Crippen molar-refractivity contribution in [3.05, 3.63) is 42.1 Å². The monoisotopic (exact) mass is 318 g/mol. The number of hydrogen-bond donors (Lipinski definition) is 1. The highest BCUT2D eigenvalue weighted by Gasteiger charge is 2.13. The van der Waals surface area contributed by atoms with Gasteiger partial charge in [0.1, 0.15) is 0 Å². The second-order valence-electron chi connectivity index (χ2n) is 5.54. The van der Waals surface area contributed by atoms with Crippen LogP contribution in [0.4, 0.5) is 5.95 Å². The molecule has 1 saturated heterocycles. The van der Waals surface area contributed by atoms with Gasteiger partial charge in [-0.2, -0.15) is 0 Å². The Hall–Kier alpha value is -1.65. The van der Waals surface area contributed by atoms with Crippen LogP contribution in [0.2, 0.25) is 0 Å². The molecule has 5 heteroatoms. The van der Waals surface area contributed by atoms with Gasteiger partial charge in [-0.15, -0.1) is 12.4 Å². The number of halogens is 1. The molecule has 2 N–H and O–H groups in total. The second-order valence-corrected chi connectivity index (χ2v) is 5.54. The van der Waals surface area contributed by atoms with Gasteiger partial charge in [0.25, 0.3) is 0 Å². The van der Waals surface area contributed by atoms with Crippen molar-refractivity contribution in [1.82, 2.24) is 9.97 Å². The topological polar surface area (TPSA) is 55.0 Å². The first-order chi connectivity index (χ1) is 10.4. The van der Waals surface area contributed by atoms with Gasteiger partial charge in [-0.3, -0.25) is 0 Å². The Balaban J connectivity index is 0.00000176. The predicted octanol–water partition coefficient (Wildman–Crippen LogP) is 3.40. The first-order valence-corrected chi connectivity index (χ1v) is 7.74. The van der Waals surface area contributed by atoms with E-state index in [1.54, 1.807) is 0 Å². The van der Waals surface area contributed by atoms with Crippen LogP contribution >= 0.6 is 12.4 Å². The molecule has 1 aromatic carbocycles. The third-order valence-electron chi connectivity index (χ3n) is 4.02. The highest BCUT2D eigenvalue weighted by Crippen LogP contribution is 2.21. The Morgan fingerprint density at radius 1 is 0.955 bits per heavy atom. The first kappa shape index (κ1) is 16.7. The lowest BCUT2D eigenvalue weighted by Gasteiger charge is -2.20. The molecule has 3 rings (SSSR count). The smallest absolute Gasteiger partial charge is 0.225 e. The standard InChI is InChI=1S/C17H22N4.ClH/c18-13-14-5-7-15(8-6-14)16-9-10-19-17(20-16)21-11-3-1-2-4-12-21;/h5-10H,1-4,11-13,18H2;1H. The molecule has 0 amide bonds. The zero-order valence-corrected chi connectivity index (χ0v) is 13.6. The minimum absolute atomic E-state index is 0. The average Bonchev–Trinajstić information content (AvgIpc) is 2.84. The molecule has 0 saturated carbocycles. The molecule has 0 bridgehead atoms. The fourth-order valence-electron chi connectivity index (χ4n) is 2.74. The van der Waals surface area contributed by atoms with E-state index in [2.05, 4.69) is 34.1 Å². The number of benzene rings is 1. The van der Waals surface area contributed by atoms with Crippen molar-refractivity contribution >= 4 is 18.4 Å². The lowest BCUT2D eigenvalue weighted by atomic mass is 10.1. The van der Waals surface area contributed by atoms with Gasteiger partial charge in [0.05, 0.1) is 5.69 Å². The zero-order chi connectivity index (χ0) is 14.5. The van der Waals surface area contributed by atoms with Gasteiger partial charge in [-0.1, -0.05) is 37.1 Å². The van der Waals surface area contributed by atoms with E-state index in [4.69, 9.17) is 10.7 Å². The summed E-state index contributed by atoms with van der Waals surface area (Å²) in [4.78, 5) is 11.5. The maximum atomic E-state index is 5.64. The van der Waals surface area contributed by atoms with Crippen LogP contribution in [0.3, 0.4) is 0 Å². The van der Waals surface area contributed by atoms with E-state index in [0.29, 0.717) is 6.54 Å². The van der Waals surface area contributed by atoms with Crippen LogP contribution in [-0.2, 0) is 6.54 Å². The van der Waals surface area contributed by atoms with Crippen molar-refractivity contribution in [2.75, 3.05) is 18.0 Å². The summed E-state index contributed by atoms with van der Waals surface area (Å²) in [7, 11) is 0. The van der Waals surface area contributed by atoms with Crippen LogP contribution in [0, 0.1) is 0 Å². The Labute approximate surface area is 138 Å². The first-order valence-electron chi connectivity index (χ1n) is 7.74. The quantitative estimate of drug-likeness (QED) is 0.942. The number of rotatable bonds is 3. The fraction of sp³-hybridized carbons (Fsp3) is 0.412. The molecule has 0 spiro atoms. The summed E-state index contributed by atoms with van der Waals surface area (Å²) in [6.07, 6.45) is 6.96. The number of anilines is 1. The van der Waals surface area contributed by atoms with Gasteiger partial charge in [-0.25, -0.2) is 9.97 Å². The molecule has 0 aliphatic carbocycles. The van der Waals surface area contributed by atoms with Crippen LogP contribution in [0.15, 0.2) is 36.5 Å². The minimum Gasteiger partial charge on any atom is -0.341 e. The molecule has 0 unspecified atom stereocenters. The molecule has 1 fully saturated rings. The summed E-state index contributed by atoms with van der Waals surface area (Å²) in [5.41, 5.74) is 8.88. The lowest BCUT2D eigenvalue weighted by Crippen LogP contribution is -2.26. The van der Waals surface area contributed by atoms with Crippen molar-refractivity contribution in [2.24, 2.45) is 5.73 Å². The average molecular weight is 319 g/mol. The van der Waals surface area contributed by atoms with Crippen LogP contribution in [0.25, 0.3) is 11.3 Å². The van der Waals surface area contributed by atoms with Gasteiger partial charge >= 0.3 is 0 Å². The molecule has 118 valence electrons. The van der Waals surface area contributed by atoms with Gasteiger partial charge in [-0.05, 0) is 24.5 Å². The fourth-order valence-corrected chi connectivity index (χ4v) is 2.74. The van der Waals surface area contributed by atoms with Crippen molar-refractivity contribution in [3.8, 4) is 11.3 Å². The summed E-state index contributed by atoms with van der Waals surface area (Å²) in [6.45, 7) is 2.70. The predicted molar refractivity (Wildman–Crippen MR) is 93.3 cm³/mol. The summed E-state index contributed by atoms with van der Waals surface area (Å²) in [6, 6.07) is 10.2. The van der Waals surface area contributed by atoms with Gasteiger partial charge < -0.3 is 10.6 Å². The molecule has 1 aliphatic rings. The Morgan fingerprint density at radius 3 is 2.27 bits per heavy atom. The normalized spacial score (nSPS) is 15.0. The highest BCUT2D eigenvalue weighted by molar-refractivity contribution is 5.85. The van der Waals surface area contributed by atoms with Crippen LogP contribution in [0.5, 0.6) is 0 Å². The molecule has 2 heterocycles. The van der Waals surface area contributed by atoms with E-state index < -0.39 is 0 Å². The highest BCUT2D eigenvalue weighted by atomic mass is 35.5. The van der Waals surface area contributed by atoms with E-state index >= 15 is 0 Å². The summed E-state index contributed by atoms with van der Waals surface area (Å²) in [5.74, 6) is 0.859. The third kappa shape index (κ3) is 3.96. The van der Waals surface area contributed by atoms with Crippen molar-refractivity contribution < 1.29 is 0 Å². The van der Waals surface area contributed by atoms with E-state index in [1.807, 2.05) is 12.3 Å². The summed E-state index contributed by atoms with van der Waals surface area (Å²) in [5, 5.41) is 0. The molecule has 1 aliphatic heterocycles. The number of hydrogen-bond acceptors (Lipinski definition) is 4. The van der Waals surface area contributed by atoms with E-state index in [-0.39, 0.29) is 12.4 Å². The van der Waals surface area contributed by atoms with Crippen LogP contribution in [0.1, 0.15) is 31.2 Å². The van der Waals surface area contributed by atoms with E-state index in [0.717, 1.165) is 35.9 Å². The molecule has 4 nitrogen and oxygen atoms in total. The second kappa shape index (κ2) is 8.11. The molecule has 0 radical (unpaired) electrons. The molecule has 1 aromatic heterocycles. The molecule has 22 heavy (non-hydrogen) atoms. The van der Waals surface area contributed by atoms with E-state index in [9.17, 15) is 0 Å². The Bertz CT molecular complexity index is 577. The molecular formula is C17H23ClN4. The SMILES string of the molecule is Cl.NCc1ccc(-c2ccnc(N3CCCCCC3)n2)cc1. The van der Waals surface area contributed by atoms with Gasteiger partial charge in [0.15, 0.2) is 0 Å². The van der Waals surface area contributed by atoms with Crippen molar-refractivity contribution in [1.29, 1.82) is 0 Å². The number of nitrogens with two attached hydrogens (primary N) is 1. The molecular weight excluding hydrogens is 296 g/mol. The largest absolute Gasteiger partial charge is 0.341 e. The maximum Gasteiger partial charge on any atom is 0.225 e. The number of aromatic nitrogens is 2. The third-order valence-corrected chi connectivity index (χ3v) is 4.02. The summed E-state index contributed by atoms with van der Waals surface area (Å²) < 4.78 is 0. The minimum atomic E-state index is 0. The van der Waals surface area contributed by atoms with Crippen molar-refractivity contribution in [2.45, 2.75) is 32.2 Å². The van der Waals surface area contributed by atoms with Gasteiger partial charge in [0.2, 0.25) is 5.95 Å².